The largest absolute Gasteiger partial charge is 0.489 e. The number of rotatable bonds is 8. The second kappa shape index (κ2) is 8.27. The van der Waals surface area contributed by atoms with Crippen LogP contribution in [0.3, 0.4) is 0 Å². The van der Waals surface area contributed by atoms with Gasteiger partial charge in [0, 0.05) is 42.1 Å². The van der Waals surface area contributed by atoms with Gasteiger partial charge in [-0.3, -0.25) is 10.00 Å². The van der Waals surface area contributed by atoms with Crippen LogP contribution in [0, 0.1) is 5.82 Å². The smallest absolute Gasteiger partial charge is 0.165 e. The summed E-state index contributed by atoms with van der Waals surface area (Å²) in [6.07, 6.45) is 3.93. The molecule has 28 heavy (non-hydrogen) atoms. The van der Waals surface area contributed by atoms with Crippen LogP contribution >= 0.6 is 0 Å². The lowest BCUT2D eigenvalue weighted by Crippen LogP contribution is -2.17. The molecule has 0 saturated heterocycles. The number of H-pyrrole nitrogens is 1. The van der Waals surface area contributed by atoms with E-state index in [1.54, 1.807) is 24.4 Å². The van der Waals surface area contributed by atoms with Crippen molar-refractivity contribution in [2.24, 2.45) is 0 Å². The highest BCUT2D eigenvalue weighted by Gasteiger charge is 2.11. The van der Waals surface area contributed by atoms with Crippen LogP contribution < -0.4 is 4.74 Å². The fraction of sp³-hybridized carbons (Fsp3) is 0.227. The summed E-state index contributed by atoms with van der Waals surface area (Å²) in [5.74, 6) is -0.0422. The second-order valence-corrected chi connectivity index (χ2v) is 6.90. The van der Waals surface area contributed by atoms with Crippen LogP contribution in [-0.4, -0.2) is 33.3 Å². The number of para-hydroxylation sites is 2. The number of halogens is 1. The number of fused-ring (bicyclic) bond motifs is 1. The van der Waals surface area contributed by atoms with Crippen LogP contribution in [0.4, 0.5) is 4.39 Å². The first-order chi connectivity index (χ1) is 13.7. The standard InChI is InChI=1S/C22H23FN4O/c1-26(16-18-10-11-24-25-18)14-17-15-27(21-8-4-2-6-19(17)21)12-13-28-22-9-5-3-7-20(22)23/h2-11,15H,12-14,16H2,1H3,(H,24,25). The lowest BCUT2D eigenvalue weighted by Gasteiger charge is -2.14. The molecule has 0 spiro atoms. The topological polar surface area (TPSA) is 46.1 Å². The summed E-state index contributed by atoms with van der Waals surface area (Å²) in [6, 6.07) is 16.8. The lowest BCUT2D eigenvalue weighted by molar-refractivity contribution is 0.285. The fourth-order valence-electron chi connectivity index (χ4n) is 3.46. The van der Waals surface area contributed by atoms with Crippen molar-refractivity contribution in [3.05, 3.63) is 84.1 Å². The number of nitrogens with zero attached hydrogens (tertiary/aromatic N) is 3. The van der Waals surface area contributed by atoms with Crippen molar-refractivity contribution in [2.75, 3.05) is 13.7 Å². The number of ether oxygens (including phenoxy) is 1. The molecular weight excluding hydrogens is 355 g/mol. The minimum Gasteiger partial charge on any atom is -0.489 e. The first kappa shape index (κ1) is 18.3. The van der Waals surface area contributed by atoms with E-state index in [0.717, 1.165) is 24.3 Å². The predicted molar refractivity (Wildman–Crippen MR) is 108 cm³/mol. The molecule has 2 heterocycles. The van der Waals surface area contributed by atoms with Crippen molar-refractivity contribution >= 4 is 10.9 Å². The molecule has 4 rings (SSSR count). The molecule has 0 aliphatic rings. The van der Waals surface area contributed by atoms with E-state index in [9.17, 15) is 4.39 Å². The Bertz CT molecular complexity index is 1040. The van der Waals surface area contributed by atoms with Gasteiger partial charge in [-0.05, 0) is 36.9 Å². The van der Waals surface area contributed by atoms with Gasteiger partial charge in [0.05, 0.1) is 6.54 Å². The molecular formula is C22H23FN4O. The van der Waals surface area contributed by atoms with Crippen LogP contribution in [0.2, 0.25) is 0 Å². The maximum absolute atomic E-state index is 13.7. The molecule has 5 nitrogen and oxygen atoms in total. The molecule has 144 valence electrons. The predicted octanol–water partition coefficient (Wildman–Crippen LogP) is 4.21. The first-order valence-corrected chi connectivity index (χ1v) is 9.31. The number of hydrogen-bond donors (Lipinski definition) is 1. The van der Waals surface area contributed by atoms with Crippen molar-refractivity contribution < 1.29 is 9.13 Å². The summed E-state index contributed by atoms with van der Waals surface area (Å²) >= 11 is 0. The molecule has 2 aromatic heterocycles. The number of aromatic nitrogens is 3. The Morgan fingerprint density at radius 2 is 1.89 bits per heavy atom. The van der Waals surface area contributed by atoms with E-state index in [0.29, 0.717) is 18.9 Å². The molecule has 1 N–H and O–H groups in total. The van der Waals surface area contributed by atoms with E-state index in [-0.39, 0.29) is 5.82 Å². The van der Waals surface area contributed by atoms with Crippen LogP contribution in [0.25, 0.3) is 10.9 Å². The van der Waals surface area contributed by atoms with Crippen LogP contribution in [-0.2, 0) is 19.6 Å². The normalized spacial score (nSPS) is 11.4. The zero-order valence-corrected chi connectivity index (χ0v) is 15.8. The summed E-state index contributed by atoms with van der Waals surface area (Å²) in [7, 11) is 2.09. The molecule has 0 saturated carbocycles. The van der Waals surface area contributed by atoms with E-state index in [2.05, 4.69) is 51.1 Å². The summed E-state index contributed by atoms with van der Waals surface area (Å²) < 4.78 is 21.5. The van der Waals surface area contributed by atoms with Gasteiger partial charge < -0.3 is 9.30 Å². The summed E-state index contributed by atoms with van der Waals surface area (Å²) in [6.45, 7) is 2.68. The van der Waals surface area contributed by atoms with Gasteiger partial charge in [-0.2, -0.15) is 5.10 Å². The van der Waals surface area contributed by atoms with Gasteiger partial charge >= 0.3 is 0 Å². The second-order valence-electron chi connectivity index (χ2n) is 6.90. The third-order valence-corrected chi connectivity index (χ3v) is 4.74. The third-order valence-electron chi connectivity index (χ3n) is 4.74. The van der Waals surface area contributed by atoms with Gasteiger partial charge in [-0.25, -0.2) is 4.39 Å². The average Bonchev–Trinajstić information content (AvgIpc) is 3.32. The van der Waals surface area contributed by atoms with Crippen molar-refractivity contribution in [1.29, 1.82) is 0 Å². The number of benzene rings is 2. The number of hydrogen-bond acceptors (Lipinski definition) is 3. The van der Waals surface area contributed by atoms with Crippen molar-refractivity contribution in [2.45, 2.75) is 19.6 Å². The maximum Gasteiger partial charge on any atom is 0.165 e. The molecule has 6 heteroatoms. The molecule has 4 aromatic rings. The monoisotopic (exact) mass is 378 g/mol. The quantitative estimate of drug-likeness (QED) is 0.499. The Morgan fingerprint density at radius 3 is 2.71 bits per heavy atom. The van der Waals surface area contributed by atoms with E-state index in [1.165, 1.54) is 17.0 Å². The Morgan fingerprint density at radius 1 is 1.07 bits per heavy atom. The van der Waals surface area contributed by atoms with Gasteiger partial charge in [0.15, 0.2) is 11.6 Å². The molecule has 0 radical (unpaired) electrons. The van der Waals surface area contributed by atoms with Gasteiger partial charge in [0.2, 0.25) is 0 Å². The Labute approximate surface area is 163 Å². The highest BCUT2D eigenvalue weighted by atomic mass is 19.1. The fourth-order valence-corrected chi connectivity index (χ4v) is 3.46. The van der Waals surface area contributed by atoms with E-state index in [1.807, 2.05) is 12.1 Å². The molecule has 0 aliphatic carbocycles. The van der Waals surface area contributed by atoms with Gasteiger partial charge in [0.25, 0.3) is 0 Å². The molecule has 2 aromatic carbocycles. The van der Waals surface area contributed by atoms with E-state index < -0.39 is 0 Å². The van der Waals surface area contributed by atoms with Gasteiger partial charge in [-0.1, -0.05) is 30.3 Å². The molecule has 0 fully saturated rings. The van der Waals surface area contributed by atoms with Crippen molar-refractivity contribution in [1.82, 2.24) is 19.7 Å². The number of nitrogens with one attached hydrogen (secondary N) is 1. The molecule has 0 atom stereocenters. The van der Waals surface area contributed by atoms with Crippen molar-refractivity contribution in [3.8, 4) is 5.75 Å². The van der Waals surface area contributed by atoms with E-state index in [4.69, 9.17) is 4.74 Å². The molecule has 0 unspecified atom stereocenters. The molecule has 0 bridgehead atoms. The Balaban J connectivity index is 1.47. The summed E-state index contributed by atoms with van der Waals surface area (Å²) in [5.41, 5.74) is 3.50. The average molecular weight is 378 g/mol. The Hall–Kier alpha value is -3.12. The van der Waals surface area contributed by atoms with E-state index >= 15 is 0 Å². The highest BCUT2D eigenvalue weighted by Crippen LogP contribution is 2.23. The van der Waals surface area contributed by atoms with Crippen LogP contribution in [0.1, 0.15) is 11.3 Å². The molecule has 0 amide bonds. The highest BCUT2D eigenvalue weighted by molar-refractivity contribution is 5.83. The SMILES string of the molecule is CN(Cc1ccn[nH]1)Cc1cn(CCOc2ccccc2F)c2ccccc12. The zero-order chi connectivity index (χ0) is 19.3. The zero-order valence-electron chi connectivity index (χ0n) is 15.8. The van der Waals surface area contributed by atoms with Gasteiger partial charge in [0.1, 0.15) is 6.61 Å². The first-order valence-electron chi connectivity index (χ1n) is 9.31. The minimum atomic E-state index is -0.332. The third kappa shape index (κ3) is 4.07. The number of aromatic amines is 1. The maximum atomic E-state index is 13.7. The lowest BCUT2D eigenvalue weighted by atomic mass is 10.1. The van der Waals surface area contributed by atoms with Crippen LogP contribution in [0.5, 0.6) is 5.75 Å². The summed E-state index contributed by atoms with van der Waals surface area (Å²) in [5, 5.41) is 8.23. The van der Waals surface area contributed by atoms with Gasteiger partial charge in [-0.15, -0.1) is 0 Å². The molecule has 0 aliphatic heterocycles. The Kier molecular flexibility index (Phi) is 5.39. The van der Waals surface area contributed by atoms with Crippen LogP contribution in [0.15, 0.2) is 67.0 Å². The summed E-state index contributed by atoms with van der Waals surface area (Å²) in [4.78, 5) is 2.25. The minimum absolute atomic E-state index is 0.290. The van der Waals surface area contributed by atoms with Crippen molar-refractivity contribution in [3.63, 3.8) is 0 Å².